The van der Waals surface area contributed by atoms with Crippen LogP contribution in [-0.2, 0) is 21.0 Å². The third-order valence-corrected chi connectivity index (χ3v) is 3.22. The molecule has 0 amide bonds. The first-order chi connectivity index (χ1) is 11.4. The van der Waals surface area contributed by atoms with Gasteiger partial charge in [-0.05, 0) is 12.3 Å². The highest BCUT2D eigenvalue weighted by Crippen LogP contribution is 2.06. The van der Waals surface area contributed by atoms with E-state index in [1.54, 1.807) is 0 Å². The van der Waals surface area contributed by atoms with Gasteiger partial charge in [-0.25, -0.2) is 4.98 Å². The molecule has 2 aromatic heterocycles. The molecule has 0 aliphatic heterocycles. The lowest BCUT2D eigenvalue weighted by atomic mass is 10.1. The van der Waals surface area contributed by atoms with Crippen molar-refractivity contribution in [3.63, 3.8) is 0 Å². The lowest BCUT2D eigenvalue weighted by molar-refractivity contribution is -0.147. The fourth-order valence-electron chi connectivity index (χ4n) is 2.14. The van der Waals surface area contributed by atoms with E-state index in [2.05, 4.69) is 15.0 Å². The molecule has 2 heterocycles. The number of hydrogen-bond donors (Lipinski definition) is 3. The number of nitrogen functional groups attached to an aromatic ring is 1. The van der Waals surface area contributed by atoms with E-state index in [1.807, 2.05) is 13.8 Å². The van der Waals surface area contributed by atoms with Crippen LogP contribution in [0.1, 0.15) is 20.3 Å². The quantitative estimate of drug-likeness (QED) is 0.431. The van der Waals surface area contributed by atoms with E-state index in [9.17, 15) is 9.59 Å². The number of nitrogens with two attached hydrogens (primary N) is 2. The summed E-state index contributed by atoms with van der Waals surface area (Å²) in [6.45, 7) is 4.34. The van der Waals surface area contributed by atoms with Crippen molar-refractivity contribution in [3.8, 4) is 0 Å². The predicted octanol–water partition coefficient (Wildman–Crippen LogP) is 0.0143. The normalized spacial score (nSPS) is 12.2. The van der Waals surface area contributed by atoms with Crippen molar-refractivity contribution in [2.45, 2.75) is 33.0 Å². The number of aromatic amines is 1. The lowest BCUT2D eigenvalue weighted by Crippen LogP contribution is -2.34. The Morgan fingerprint density at radius 1 is 1.40 bits per heavy atom. The maximum atomic E-state index is 11.6. The third kappa shape index (κ3) is 5.69. The molecule has 10 nitrogen and oxygen atoms in total. The van der Waals surface area contributed by atoms with Crippen molar-refractivity contribution < 1.29 is 14.3 Å². The van der Waals surface area contributed by atoms with E-state index in [0.717, 1.165) is 0 Å². The standard InChI is InChI=1S/C14H22N6O4.ClH/c1-8(2)5-9(15)13(22)24-4-3-23-7-20-6-17-10-11(20)18-14(16)19-12(10)21;/h6,8-9H,3-5,7,15H2,1-2H3,(H3,16,18,19,21);1H. The van der Waals surface area contributed by atoms with Crippen molar-refractivity contribution in [1.82, 2.24) is 19.5 Å². The summed E-state index contributed by atoms with van der Waals surface area (Å²) >= 11 is 0. The Kier molecular flexibility index (Phi) is 7.81. The van der Waals surface area contributed by atoms with E-state index in [-0.39, 0.29) is 43.8 Å². The number of H-pyrrole nitrogens is 1. The van der Waals surface area contributed by atoms with Crippen molar-refractivity contribution >= 4 is 35.5 Å². The molecule has 0 spiro atoms. The van der Waals surface area contributed by atoms with Gasteiger partial charge in [0, 0.05) is 0 Å². The Labute approximate surface area is 150 Å². The number of nitrogens with one attached hydrogen (secondary N) is 1. The molecule has 0 aliphatic rings. The van der Waals surface area contributed by atoms with Gasteiger partial charge < -0.3 is 20.9 Å². The molecule has 5 N–H and O–H groups in total. The third-order valence-electron chi connectivity index (χ3n) is 3.22. The first-order valence-electron chi connectivity index (χ1n) is 7.59. The molecule has 140 valence electrons. The second-order valence-electron chi connectivity index (χ2n) is 5.78. The smallest absolute Gasteiger partial charge is 0.322 e. The number of rotatable bonds is 8. The molecule has 1 unspecified atom stereocenters. The van der Waals surface area contributed by atoms with E-state index in [1.165, 1.54) is 10.9 Å². The minimum absolute atomic E-state index is 0. The number of carbonyl (C=O) groups excluding carboxylic acids is 1. The zero-order valence-electron chi connectivity index (χ0n) is 14.1. The van der Waals surface area contributed by atoms with E-state index in [0.29, 0.717) is 18.0 Å². The largest absolute Gasteiger partial charge is 0.462 e. The minimum atomic E-state index is -0.624. The van der Waals surface area contributed by atoms with Crippen LogP contribution in [0.25, 0.3) is 11.2 Å². The van der Waals surface area contributed by atoms with Crippen LogP contribution in [0, 0.1) is 5.92 Å². The summed E-state index contributed by atoms with van der Waals surface area (Å²) in [5.41, 5.74) is 11.3. The molecule has 0 fully saturated rings. The Hall–Kier alpha value is -2.17. The molecule has 1 atom stereocenters. The van der Waals surface area contributed by atoms with Crippen LogP contribution in [-0.4, -0.2) is 44.7 Å². The van der Waals surface area contributed by atoms with Gasteiger partial charge in [0.15, 0.2) is 11.2 Å². The van der Waals surface area contributed by atoms with Crippen LogP contribution < -0.4 is 17.0 Å². The summed E-state index contributed by atoms with van der Waals surface area (Å²) in [6.07, 6.45) is 2.00. The number of anilines is 1. The van der Waals surface area contributed by atoms with Gasteiger partial charge in [0.2, 0.25) is 5.95 Å². The average molecular weight is 375 g/mol. The van der Waals surface area contributed by atoms with Crippen LogP contribution in [0.4, 0.5) is 5.95 Å². The zero-order chi connectivity index (χ0) is 17.7. The van der Waals surface area contributed by atoms with Gasteiger partial charge in [0.25, 0.3) is 5.56 Å². The number of nitrogens with zero attached hydrogens (tertiary/aromatic N) is 3. The maximum Gasteiger partial charge on any atom is 0.322 e. The minimum Gasteiger partial charge on any atom is -0.462 e. The maximum absolute atomic E-state index is 11.6. The Balaban J connectivity index is 0.00000312. The van der Waals surface area contributed by atoms with E-state index < -0.39 is 17.6 Å². The predicted molar refractivity (Wildman–Crippen MR) is 94.2 cm³/mol. The zero-order valence-corrected chi connectivity index (χ0v) is 14.9. The summed E-state index contributed by atoms with van der Waals surface area (Å²) in [7, 11) is 0. The summed E-state index contributed by atoms with van der Waals surface area (Å²) in [4.78, 5) is 33.6. The first kappa shape index (κ1) is 20.9. The van der Waals surface area contributed by atoms with Crippen molar-refractivity contribution in [2.24, 2.45) is 11.7 Å². The van der Waals surface area contributed by atoms with Crippen LogP contribution in [0.3, 0.4) is 0 Å². The van der Waals surface area contributed by atoms with Crippen LogP contribution in [0.5, 0.6) is 0 Å². The van der Waals surface area contributed by atoms with Crippen LogP contribution >= 0.6 is 12.4 Å². The van der Waals surface area contributed by atoms with Gasteiger partial charge in [0.1, 0.15) is 19.4 Å². The first-order valence-corrected chi connectivity index (χ1v) is 7.59. The number of imidazole rings is 1. The van der Waals surface area contributed by atoms with Gasteiger partial charge in [-0.1, -0.05) is 13.8 Å². The number of carbonyl (C=O) groups is 1. The fourth-order valence-corrected chi connectivity index (χ4v) is 2.14. The van der Waals surface area contributed by atoms with Gasteiger partial charge in [0.05, 0.1) is 12.9 Å². The Morgan fingerprint density at radius 2 is 2.12 bits per heavy atom. The van der Waals surface area contributed by atoms with Gasteiger partial charge in [-0.2, -0.15) is 4.98 Å². The second-order valence-corrected chi connectivity index (χ2v) is 5.78. The fraction of sp³-hybridized carbons (Fsp3) is 0.571. The van der Waals surface area contributed by atoms with E-state index in [4.69, 9.17) is 20.9 Å². The highest BCUT2D eigenvalue weighted by atomic mass is 35.5. The topological polar surface area (TPSA) is 151 Å². The number of esters is 1. The lowest BCUT2D eigenvalue weighted by Gasteiger charge is -2.13. The van der Waals surface area contributed by atoms with Crippen molar-refractivity contribution in [3.05, 3.63) is 16.7 Å². The van der Waals surface area contributed by atoms with Crippen molar-refractivity contribution in [1.29, 1.82) is 0 Å². The molecule has 0 bridgehead atoms. The summed E-state index contributed by atoms with van der Waals surface area (Å²) in [5.74, 6) is -0.120. The molecular formula is C14H23ClN6O4. The molecular weight excluding hydrogens is 352 g/mol. The molecule has 2 rings (SSSR count). The molecule has 0 saturated carbocycles. The van der Waals surface area contributed by atoms with E-state index >= 15 is 0 Å². The number of hydrogen-bond acceptors (Lipinski definition) is 8. The summed E-state index contributed by atoms with van der Waals surface area (Å²) in [5, 5.41) is 0. The van der Waals surface area contributed by atoms with Crippen LogP contribution in [0.15, 0.2) is 11.1 Å². The average Bonchev–Trinajstić information content (AvgIpc) is 2.89. The molecule has 25 heavy (non-hydrogen) atoms. The van der Waals surface area contributed by atoms with Gasteiger partial charge in [-0.3, -0.25) is 19.1 Å². The number of fused-ring (bicyclic) bond motifs is 1. The monoisotopic (exact) mass is 374 g/mol. The van der Waals surface area contributed by atoms with Crippen molar-refractivity contribution in [2.75, 3.05) is 18.9 Å². The highest BCUT2D eigenvalue weighted by molar-refractivity contribution is 5.85. The van der Waals surface area contributed by atoms with Gasteiger partial charge >= 0.3 is 5.97 Å². The molecule has 11 heteroatoms. The number of aromatic nitrogens is 4. The SMILES string of the molecule is CC(C)CC(N)C(=O)OCCOCn1cnc2c(=O)[nH]c(N)nc21.Cl. The molecule has 0 radical (unpaired) electrons. The van der Waals surface area contributed by atoms with Gasteiger partial charge in [-0.15, -0.1) is 12.4 Å². The highest BCUT2D eigenvalue weighted by Gasteiger charge is 2.16. The molecule has 2 aromatic rings. The Morgan fingerprint density at radius 3 is 2.80 bits per heavy atom. The molecule has 0 aromatic carbocycles. The summed E-state index contributed by atoms with van der Waals surface area (Å²) < 4.78 is 12.0. The molecule has 0 saturated heterocycles. The number of ether oxygens (including phenoxy) is 2. The second kappa shape index (κ2) is 9.35. The Bertz CT molecular complexity index is 759. The number of halogens is 1. The molecule has 0 aliphatic carbocycles. The summed E-state index contributed by atoms with van der Waals surface area (Å²) in [6, 6.07) is -0.624. The van der Waals surface area contributed by atoms with Crippen LogP contribution in [0.2, 0.25) is 0 Å².